The Morgan fingerprint density at radius 1 is 1.50 bits per heavy atom. The molecule has 1 aromatic rings. The maximum atomic E-state index is 11.6. The average Bonchev–Trinajstić information content (AvgIpc) is 2.34. The van der Waals surface area contributed by atoms with E-state index in [1.54, 1.807) is 24.3 Å². The van der Waals surface area contributed by atoms with Crippen LogP contribution < -0.4 is 10.6 Å². The van der Waals surface area contributed by atoms with Gasteiger partial charge in [0.1, 0.15) is 0 Å². The molecule has 18 heavy (non-hydrogen) atoms. The Labute approximate surface area is 112 Å². The molecule has 0 saturated carbocycles. The number of nitrogens with one attached hydrogen (secondary N) is 2. The largest absolute Gasteiger partial charge is 0.393 e. The van der Waals surface area contributed by atoms with Crippen molar-refractivity contribution in [1.29, 1.82) is 0 Å². The standard InChI is InChI=1S/C13H19ClN2O2/c1-2-12(17)6-7-15-9-13(18)16-11-5-3-4-10(14)8-11/h3-5,8,12,15,17H,2,6-7,9H2,1H3,(H,16,18). The van der Waals surface area contributed by atoms with E-state index in [4.69, 9.17) is 11.6 Å². The molecule has 1 rings (SSSR count). The van der Waals surface area contributed by atoms with Gasteiger partial charge in [-0.15, -0.1) is 0 Å². The molecule has 0 saturated heterocycles. The molecule has 3 N–H and O–H groups in total. The topological polar surface area (TPSA) is 61.4 Å². The number of aliphatic hydroxyl groups excluding tert-OH is 1. The van der Waals surface area contributed by atoms with Crippen LogP contribution in [-0.2, 0) is 4.79 Å². The predicted octanol–water partition coefficient (Wildman–Crippen LogP) is 2.03. The third kappa shape index (κ3) is 6.00. The molecule has 0 aliphatic heterocycles. The third-order valence-corrected chi connectivity index (χ3v) is 2.75. The van der Waals surface area contributed by atoms with Gasteiger partial charge in [0.05, 0.1) is 12.6 Å². The van der Waals surface area contributed by atoms with Gasteiger partial charge in [0.2, 0.25) is 5.91 Å². The van der Waals surface area contributed by atoms with E-state index in [0.29, 0.717) is 23.7 Å². The minimum atomic E-state index is -0.298. The monoisotopic (exact) mass is 270 g/mol. The number of carbonyl (C=O) groups excluding carboxylic acids is 1. The molecule has 0 heterocycles. The van der Waals surface area contributed by atoms with Crippen molar-refractivity contribution >= 4 is 23.2 Å². The van der Waals surface area contributed by atoms with Gasteiger partial charge in [0, 0.05) is 10.7 Å². The number of hydrogen-bond acceptors (Lipinski definition) is 3. The van der Waals surface area contributed by atoms with Gasteiger partial charge in [-0.05, 0) is 37.6 Å². The van der Waals surface area contributed by atoms with E-state index in [1.807, 2.05) is 6.92 Å². The summed E-state index contributed by atoms with van der Waals surface area (Å²) in [5, 5.41) is 15.6. The molecule has 0 radical (unpaired) electrons. The zero-order valence-corrected chi connectivity index (χ0v) is 11.2. The summed E-state index contributed by atoms with van der Waals surface area (Å²) < 4.78 is 0. The van der Waals surface area contributed by atoms with Gasteiger partial charge in [0.15, 0.2) is 0 Å². The quantitative estimate of drug-likeness (QED) is 0.665. The van der Waals surface area contributed by atoms with Crippen LogP contribution in [0.1, 0.15) is 19.8 Å². The Balaban J connectivity index is 2.22. The lowest BCUT2D eigenvalue weighted by Gasteiger charge is -2.09. The van der Waals surface area contributed by atoms with E-state index < -0.39 is 0 Å². The van der Waals surface area contributed by atoms with E-state index in [0.717, 1.165) is 6.42 Å². The summed E-state index contributed by atoms with van der Waals surface area (Å²) in [5.41, 5.74) is 0.683. The third-order valence-electron chi connectivity index (χ3n) is 2.52. The van der Waals surface area contributed by atoms with Crippen LogP contribution in [0, 0.1) is 0 Å². The van der Waals surface area contributed by atoms with Gasteiger partial charge in [0.25, 0.3) is 0 Å². The van der Waals surface area contributed by atoms with E-state index in [1.165, 1.54) is 0 Å². The highest BCUT2D eigenvalue weighted by Crippen LogP contribution is 2.14. The number of benzene rings is 1. The zero-order chi connectivity index (χ0) is 13.4. The number of anilines is 1. The van der Waals surface area contributed by atoms with Crippen molar-refractivity contribution in [3.8, 4) is 0 Å². The molecule has 1 unspecified atom stereocenters. The van der Waals surface area contributed by atoms with E-state index in [-0.39, 0.29) is 18.6 Å². The summed E-state index contributed by atoms with van der Waals surface area (Å²) in [5.74, 6) is -0.122. The molecule has 0 aliphatic rings. The zero-order valence-electron chi connectivity index (χ0n) is 10.4. The average molecular weight is 271 g/mol. The van der Waals surface area contributed by atoms with Crippen LogP contribution in [0.15, 0.2) is 24.3 Å². The molecule has 0 fully saturated rings. The SMILES string of the molecule is CCC(O)CCNCC(=O)Nc1cccc(Cl)c1. The van der Waals surface area contributed by atoms with Crippen molar-refractivity contribution in [2.24, 2.45) is 0 Å². The van der Waals surface area contributed by atoms with E-state index >= 15 is 0 Å². The molecule has 0 bridgehead atoms. The molecule has 4 nitrogen and oxygen atoms in total. The summed E-state index contributed by atoms with van der Waals surface area (Å²) in [7, 11) is 0. The van der Waals surface area contributed by atoms with Crippen LogP contribution in [0.3, 0.4) is 0 Å². The Kier molecular flexibility index (Phi) is 6.72. The minimum Gasteiger partial charge on any atom is -0.393 e. The minimum absolute atomic E-state index is 0.122. The number of carbonyl (C=O) groups is 1. The fourth-order valence-corrected chi connectivity index (χ4v) is 1.64. The van der Waals surface area contributed by atoms with Crippen LogP contribution in [0.25, 0.3) is 0 Å². The summed E-state index contributed by atoms with van der Waals surface area (Å²) in [6.07, 6.45) is 1.09. The lowest BCUT2D eigenvalue weighted by molar-refractivity contribution is -0.115. The number of rotatable bonds is 7. The van der Waals surface area contributed by atoms with Crippen molar-refractivity contribution in [2.45, 2.75) is 25.9 Å². The fraction of sp³-hybridized carbons (Fsp3) is 0.462. The van der Waals surface area contributed by atoms with Crippen molar-refractivity contribution in [2.75, 3.05) is 18.4 Å². The summed E-state index contributed by atoms with van der Waals surface area (Å²) >= 11 is 5.81. The second-order valence-corrected chi connectivity index (χ2v) is 4.52. The second-order valence-electron chi connectivity index (χ2n) is 4.09. The Hall–Kier alpha value is -1.10. The van der Waals surface area contributed by atoms with Gasteiger partial charge in [-0.2, -0.15) is 0 Å². The maximum absolute atomic E-state index is 11.6. The fourth-order valence-electron chi connectivity index (χ4n) is 1.45. The normalized spacial score (nSPS) is 12.2. The van der Waals surface area contributed by atoms with Crippen LogP contribution in [0.4, 0.5) is 5.69 Å². The number of amides is 1. The Morgan fingerprint density at radius 3 is 2.94 bits per heavy atom. The lowest BCUT2D eigenvalue weighted by Crippen LogP contribution is -2.30. The molecule has 0 aromatic heterocycles. The van der Waals surface area contributed by atoms with Crippen LogP contribution >= 0.6 is 11.6 Å². The molecule has 1 atom stereocenters. The highest BCUT2D eigenvalue weighted by Gasteiger charge is 2.03. The summed E-state index contributed by atoms with van der Waals surface area (Å²) in [6.45, 7) is 2.78. The summed E-state index contributed by atoms with van der Waals surface area (Å²) in [6, 6.07) is 7.01. The van der Waals surface area contributed by atoms with Gasteiger partial charge in [-0.1, -0.05) is 24.6 Å². The van der Waals surface area contributed by atoms with E-state index in [9.17, 15) is 9.90 Å². The van der Waals surface area contributed by atoms with Gasteiger partial charge < -0.3 is 15.7 Å². The molecule has 1 amide bonds. The maximum Gasteiger partial charge on any atom is 0.238 e. The predicted molar refractivity (Wildman–Crippen MR) is 73.9 cm³/mol. The first-order valence-electron chi connectivity index (χ1n) is 6.06. The van der Waals surface area contributed by atoms with Gasteiger partial charge >= 0.3 is 0 Å². The van der Waals surface area contributed by atoms with Crippen LogP contribution in [0.2, 0.25) is 5.02 Å². The smallest absolute Gasteiger partial charge is 0.238 e. The van der Waals surface area contributed by atoms with Crippen molar-refractivity contribution in [3.05, 3.63) is 29.3 Å². The molecular weight excluding hydrogens is 252 g/mol. The van der Waals surface area contributed by atoms with Crippen LogP contribution in [0.5, 0.6) is 0 Å². The first-order chi connectivity index (χ1) is 8.61. The van der Waals surface area contributed by atoms with Crippen molar-refractivity contribution in [1.82, 2.24) is 5.32 Å². The highest BCUT2D eigenvalue weighted by atomic mass is 35.5. The first-order valence-corrected chi connectivity index (χ1v) is 6.43. The van der Waals surface area contributed by atoms with E-state index in [2.05, 4.69) is 10.6 Å². The number of hydrogen-bond donors (Lipinski definition) is 3. The molecule has 0 aliphatic carbocycles. The van der Waals surface area contributed by atoms with Crippen molar-refractivity contribution in [3.63, 3.8) is 0 Å². The summed E-state index contributed by atoms with van der Waals surface area (Å²) in [4.78, 5) is 11.6. The van der Waals surface area contributed by atoms with Crippen molar-refractivity contribution < 1.29 is 9.90 Å². The highest BCUT2D eigenvalue weighted by molar-refractivity contribution is 6.30. The van der Waals surface area contributed by atoms with Crippen LogP contribution in [-0.4, -0.2) is 30.2 Å². The Morgan fingerprint density at radius 2 is 2.28 bits per heavy atom. The first kappa shape index (κ1) is 15.0. The number of aliphatic hydroxyl groups is 1. The van der Waals surface area contributed by atoms with Gasteiger partial charge in [-0.25, -0.2) is 0 Å². The number of halogens is 1. The Bertz CT molecular complexity index is 385. The molecule has 5 heteroatoms. The second kappa shape index (κ2) is 8.08. The molecule has 0 spiro atoms. The van der Waals surface area contributed by atoms with Gasteiger partial charge in [-0.3, -0.25) is 4.79 Å². The molecule has 1 aromatic carbocycles. The molecule has 100 valence electrons. The lowest BCUT2D eigenvalue weighted by atomic mass is 10.2. The molecular formula is C13H19ClN2O2.